The number of aryl methyl sites for hydroxylation is 2. The van der Waals surface area contributed by atoms with Gasteiger partial charge in [-0.3, -0.25) is 14.9 Å². The lowest BCUT2D eigenvalue weighted by Crippen LogP contribution is -2.55. The van der Waals surface area contributed by atoms with E-state index < -0.39 is 16.5 Å². The summed E-state index contributed by atoms with van der Waals surface area (Å²) >= 11 is 0. The van der Waals surface area contributed by atoms with Gasteiger partial charge in [0.25, 0.3) is 5.69 Å². The topological polar surface area (TPSA) is 108 Å². The van der Waals surface area contributed by atoms with Crippen molar-refractivity contribution in [3.63, 3.8) is 0 Å². The van der Waals surface area contributed by atoms with E-state index in [1.165, 1.54) is 12.1 Å². The molecule has 0 saturated carbocycles. The highest BCUT2D eigenvalue weighted by Gasteiger charge is 2.47. The van der Waals surface area contributed by atoms with E-state index in [1.54, 1.807) is 12.1 Å². The normalized spacial score (nSPS) is 17.8. The summed E-state index contributed by atoms with van der Waals surface area (Å²) in [4.78, 5) is 38.0. The Kier molecular flexibility index (Phi) is 5.36. The van der Waals surface area contributed by atoms with E-state index in [1.807, 2.05) is 32.0 Å². The van der Waals surface area contributed by atoms with E-state index in [4.69, 9.17) is 0 Å². The zero-order valence-electron chi connectivity index (χ0n) is 17.6. The molecular weight excluding hydrogens is 398 g/mol. The van der Waals surface area contributed by atoms with Gasteiger partial charge in [-0.15, -0.1) is 0 Å². The summed E-state index contributed by atoms with van der Waals surface area (Å²) in [5, 5.41) is 14.8. The van der Waals surface area contributed by atoms with E-state index in [9.17, 15) is 19.7 Å². The van der Waals surface area contributed by atoms with Crippen LogP contribution in [-0.2, 0) is 4.79 Å². The zero-order valence-corrected chi connectivity index (χ0v) is 17.6. The summed E-state index contributed by atoms with van der Waals surface area (Å²) in [6.45, 7) is 5.20. The maximum atomic E-state index is 12.8. The van der Waals surface area contributed by atoms with Crippen LogP contribution in [0.4, 0.5) is 21.9 Å². The number of hydrogen-bond acceptors (Lipinski definition) is 6. The lowest BCUT2D eigenvalue weighted by Gasteiger charge is -2.40. The SMILES string of the molecule is Cc1cccc(C)c1NC(=O)N1NC2(CCN(c3ccc([N+](=O)[O-])cc3)CC2)CC1=O. The van der Waals surface area contributed by atoms with Crippen molar-refractivity contribution in [3.8, 4) is 0 Å². The van der Waals surface area contributed by atoms with Crippen molar-refractivity contribution < 1.29 is 14.5 Å². The van der Waals surface area contributed by atoms with Crippen LogP contribution in [0, 0.1) is 24.0 Å². The molecule has 162 valence electrons. The van der Waals surface area contributed by atoms with Crippen LogP contribution in [0.3, 0.4) is 0 Å². The Morgan fingerprint density at radius 3 is 2.29 bits per heavy atom. The molecule has 4 rings (SSSR count). The number of nitrogens with one attached hydrogen (secondary N) is 2. The van der Waals surface area contributed by atoms with E-state index in [0.717, 1.165) is 27.5 Å². The molecule has 2 N–H and O–H groups in total. The number of para-hydroxylation sites is 1. The second-order valence-electron chi connectivity index (χ2n) is 8.26. The number of nitro benzene ring substituents is 1. The van der Waals surface area contributed by atoms with Gasteiger partial charge in [0, 0.05) is 43.0 Å². The highest BCUT2D eigenvalue weighted by Crippen LogP contribution is 2.34. The quantitative estimate of drug-likeness (QED) is 0.578. The molecule has 9 nitrogen and oxygen atoms in total. The number of anilines is 2. The van der Waals surface area contributed by atoms with Crippen molar-refractivity contribution in [2.24, 2.45) is 0 Å². The number of urea groups is 1. The Morgan fingerprint density at radius 1 is 1.10 bits per heavy atom. The second-order valence-corrected chi connectivity index (χ2v) is 8.26. The van der Waals surface area contributed by atoms with Gasteiger partial charge in [0.05, 0.1) is 10.5 Å². The predicted molar refractivity (Wildman–Crippen MR) is 117 cm³/mol. The Balaban J connectivity index is 1.40. The van der Waals surface area contributed by atoms with Crippen LogP contribution in [0.5, 0.6) is 0 Å². The van der Waals surface area contributed by atoms with Gasteiger partial charge in [0.15, 0.2) is 0 Å². The Bertz CT molecular complexity index is 1010. The molecule has 2 heterocycles. The lowest BCUT2D eigenvalue weighted by molar-refractivity contribution is -0.384. The molecule has 0 atom stereocenters. The predicted octanol–water partition coefficient (Wildman–Crippen LogP) is 3.52. The molecule has 0 aromatic heterocycles. The number of rotatable bonds is 3. The van der Waals surface area contributed by atoms with Crippen molar-refractivity contribution in [1.82, 2.24) is 10.4 Å². The summed E-state index contributed by atoms with van der Waals surface area (Å²) in [6.07, 6.45) is 1.63. The third-order valence-electron chi connectivity index (χ3n) is 6.15. The number of amides is 3. The maximum Gasteiger partial charge on any atom is 0.343 e. The molecule has 0 unspecified atom stereocenters. The molecule has 9 heteroatoms. The smallest absolute Gasteiger partial charge is 0.343 e. The van der Waals surface area contributed by atoms with Crippen molar-refractivity contribution in [3.05, 3.63) is 63.7 Å². The number of carbonyl (C=O) groups excluding carboxylic acids is 2. The maximum absolute atomic E-state index is 12.8. The van der Waals surface area contributed by atoms with Crippen LogP contribution in [0.2, 0.25) is 0 Å². The average molecular weight is 423 g/mol. The Labute approximate surface area is 180 Å². The number of hydrazine groups is 1. The van der Waals surface area contributed by atoms with Crippen molar-refractivity contribution in [2.75, 3.05) is 23.3 Å². The average Bonchev–Trinajstić information content (AvgIpc) is 3.07. The fourth-order valence-electron chi connectivity index (χ4n) is 4.31. The lowest BCUT2D eigenvalue weighted by atomic mass is 9.86. The van der Waals surface area contributed by atoms with E-state index >= 15 is 0 Å². The molecule has 3 amide bonds. The number of benzene rings is 2. The largest absolute Gasteiger partial charge is 0.371 e. The van der Waals surface area contributed by atoms with Crippen LogP contribution in [0.25, 0.3) is 0 Å². The first-order valence-electron chi connectivity index (χ1n) is 10.3. The fraction of sp³-hybridized carbons (Fsp3) is 0.364. The molecule has 31 heavy (non-hydrogen) atoms. The first-order valence-corrected chi connectivity index (χ1v) is 10.3. The van der Waals surface area contributed by atoms with Gasteiger partial charge in [-0.25, -0.2) is 10.2 Å². The van der Waals surface area contributed by atoms with Crippen LogP contribution in [0.1, 0.15) is 30.4 Å². The third kappa shape index (κ3) is 4.09. The standard InChI is InChI=1S/C22H25N5O4/c1-15-4-3-5-16(2)20(15)23-21(29)26-19(28)14-22(24-26)10-12-25(13-11-22)17-6-8-18(9-7-17)27(30)31/h3-9,24H,10-14H2,1-2H3,(H,23,29). The summed E-state index contributed by atoms with van der Waals surface area (Å²) in [7, 11) is 0. The first-order chi connectivity index (χ1) is 14.8. The minimum Gasteiger partial charge on any atom is -0.371 e. The molecule has 0 aliphatic carbocycles. The summed E-state index contributed by atoms with van der Waals surface area (Å²) in [5.41, 5.74) is 6.28. The highest BCUT2D eigenvalue weighted by molar-refractivity contribution is 6.02. The molecule has 0 radical (unpaired) electrons. The van der Waals surface area contributed by atoms with Crippen LogP contribution in [0.15, 0.2) is 42.5 Å². The summed E-state index contributed by atoms with van der Waals surface area (Å²) in [5.74, 6) is -0.243. The summed E-state index contributed by atoms with van der Waals surface area (Å²) in [6, 6.07) is 11.8. The minimum atomic E-state index is -0.475. The van der Waals surface area contributed by atoms with Crippen LogP contribution in [-0.4, -0.2) is 40.5 Å². The van der Waals surface area contributed by atoms with Crippen molar-refractivity contribution in [2.45, 2.75) is 38.6 Å². The van der Waals surface area contributed by atoms with Crippen molar-refractivity contribution in [1.29, 1.82) is 0 Å². The number of non-ortho nitro benzene ring substituents is 1. The monoisotopic (exact) mass is 423 g/mol. The van der Waals surface area contributed by atoms with E-state index in [2.05, 4.69) is 15.6 Å². The number of piperidine rings is 1. The van der Waals surface area contributed by atoms with Gasteiger partial charge in [-0.05, 0) is 49.9 Å². The molecule has 2 aliphatic heterocycles. The van der Waals surface area contributed by atoms with Gasteiger partial charge in [-0.1, -0.05) is 18.2 Å². The van der Waals surface area contributed by atoms with Gasteiger partial charge >= 0.3 is 6.03 Å². The molecule has 2 aromatic carbocycles. The van der Waals surface area contributed by atoms with Crippen LogP contribution < -0.4 is 15.6 Å². The molecular formula is C22H25N5O4. The van der Waals surface area contributed by atoms with Crippen LogP contribution >= 0.6 is 0 Å². The minimum absolute atomic E-state index is 0.0610. The van der Waals surface area contributed by atoms with Crippen molar-refractivity contribution >= 4 is 29.0 Å². The number of hydrogen-bond donors (Lipinski definition) is 2. The number of carbonyl (C=O) groups is 2. The molecule has 2 aliphatic rings. The van der Waals surface area contributed by atoms with E-state index in [-0.39, 0.29) is 18.0 Å². The number of nitrogens with zero attached hydrogens (tertiary/aromatic N) is 3. The number of nitro groups is 1. The molecule has 2 aromatic rings. The molecule has 2 fully saturated rings. The molecule has 1 spiro atoms. The molecule has 0 bridgehead atoms. The van der Waals surface area contributed by atoms with E-state index in [0.29, 0.717) is 25.9 Å². The van der Waals surface area contributed by atoms with Gasteiger partial charge in [0.1, 0.15) is 0 Å². The highest BCUT2D eigenvalue weighted by atomic mass is 16.6. The fourth-order valence-corrected chi connectivity index (χ4v) is 4.31. The third-order valence-corrected chi connectivity index (χ3v) is 6.15. The Morgan fingerprint density at radius 2 is 1.71 bits per heavy atom. The van der Waals surface area contributed by atoms with Gasteiger partial charge < -0.3 is 10.2 Å². The number of imide groups is 1. The van der Waals surface area contributed by atoms with Gasteiger partial charge in [-0.2, -0.15) is 5.01 Å². The molecule has 2 saturated heterocycles. The summed E-state index contributed by atoms with van der Waals surface area (Å²) < 4.78 is 0. The second kappa shape index (κ2) is 7.99. The zero-order chi connectivity index (χ0) is 22.2. The van der Waals surface area contributed by atoms with Gasteiger partial charge in [0.2, 0.25) is 5.91 Å². The Hall–Kier alpha value is -3.46. The first kappa shape index (κ1) is 20.8.